The number of carbonyl (C=O) groups is 1. The lowest BCUT2D eigenvalue weighted by atomic mass is 9.77. The highest BCUT2D eigenvalue weighted by molar-refractivity contribution is 5.88. The van der Waals surface area contributed by atoms with Crippen molar-refractivity contribution >= 4 is 5.91 Å². The van der Waals surface area contributed by atoms with Gasteiger partial charge in [-0.2, -0.15) is 0 Å². The highest BCUT2D eigenvalue weighted by atomic mass is 16.2. The maximum Gasteiger partial charge on any atom is 0.230 e. The molecule has 0 aromatic heterocycles. The third-order valence-corrected chi connectivity index (χ3v) is 5.49. The van der Waals surface area contributed by atoms with Crippen molar-refractivity contribution in [1.29, 1.82) is 0 Å². The summed E-state index contributed by atoms with van der Waals surface area (Å²) >= 11 is 0. The lowest BCUT2D eigenvalue weighted by Crippen LogP contribution is -2.44. The lowest BCUT2D eigenvalue weighted by Gasteiger charge is -2.30. The summed E-state index contributed by atoms with van der Waals surface area (Å²) in [6.07, 6.45) is 11.0. The summed E-state index contributed by atoms with van der Waals surface area (Å²) in [6.45, 7) is 0.882. The van der Waals surface area contributed by atoms with E-state index in [4.69, 9.17) is 0 Å². The average molecular weight is 285 g/mol. The first-order valence-corrected chi connectivity index (χ1v) is 8.65. The number of amides is 1. The minimum Gasteiger partial charge on any atom is -0.355 e. The number of nitrogens with one attached hydrogen (secondary N) is 1. The van der Waals surface area contributed by atoms with E-state index in [1.54, 1.807) is 0 Å². The zero-order valence-electron chi connectivity index (χ0n) is 12.9. The highest BCUT2D eigenvalue weighted by Crippen LogP contribution is 2.41. The van der Waals surface area contributed by atoms with Crippen LogP contribution in [0.15, 0.2) is 30.3 Å². The molecule has 0 heterocycles. The molecule has 21 heavy (non-hydrogen) atoms. The molecule has 2 fully saturated rings. The first kappa shape index (κ1) is 14.6. The van der Waals surface area contributed by atoms with Gasteiger partial charge in [-0.1, -0.05) is 62.4 Å². The highest BCUT2D eigenvalue weighted by Gasteiger charge is 2.42. The second-order valence-corrected chi connectivity index (χ2v) is 6.87. The Hall–Kier alpha value is -1.31. The Morgan fingerprint density at radius 2 is 1.67 bits per heavy atom. The zero-order chi connectivity index (χ0) is 14.5. The van der Waals surface area contributed by atoms with Crippen LogP contribution in [0.4, 0.5) is 0 Å². The fourth-order valence-corrected chi connectivity index (χ4v) is 4.18. The summed E-state index contributed by atoms with van der Waals surface area (Å²) in [5, 5.41) is 3.29. The van der Waals surface area contributed by atoms with Crippen molar-refractivity contribution in [3.8, 4) is 0 Å². The van der Waals surface area contributed by atoms with Crippen LogP contribution in [-0.4, -0.2) is 12.5 Å². The molecule has 1 aromatic carbocycles. The Labute approximate surface area is 128 Å². The van der Waals surface area contributed by atoms with Gasteiger partial charge in [0.2, 0.25) is 5.91 Å². The van der Waals surface area contributed by atoms with Crippen molar-refractivity contribution in [3.05, 3.63) is 35.9 Å². The van der Waals surface area contributed by atoms with Gasteiger partial charge in [0.1, 0.15) is 0 Å². The van der Waals surface area contributed by atoms with Gasteiger partial charge >= 0.3 is 0 Å². The van der Waals surface area contributed by atoms with Crippen LogP contribution in [0, 0.1) is 5.92 Å². The minimum atomic E-state index is -0.254. The predicted octanol–water partition coefficient (Wildman–Crippen LogP) is 4.19. The number of hydrogen-bond donors (Lipinski definition) is 1. The molecule has 1 amide bonds. The maximum atomic E-state index is 12.9. The van der Waals surface area contributed by atoms with Crippen LogP contribution in [0.5, 0.6) is 0 Å². The number of carbonyl (C=O) groups excluding carboxylic acids is 1. The molecule has 2 saturated carbocycles. The van der Waals surface area contributed by atoms with E-state index in [9.17, 15) is 4.79 Å². The van der Waals surface area contributed by atoms with E-state index < -0.39 is 0 Å². The van der Waals surface area contributed by atoms with Gasteiger partial charge in [-0.3, -0.25) is 4.79 Å². The molecule has 0 saturated heterocycles. The molecule has 0 atom stereocenters. The summed E-state index contributed by atoms with van der Waals surface area (Å²) in [6, 6.07) is 10.4. The van der Waals surface area contributed by atoms with Crippen molar-refractivity contribution in [2.24, 2.45) is 5.92 Å². The fraction of sp³-hybridized carbons (Fsp3) is 0.632. The van der Waals surface area contributed by atoms with Gasteiger partial charge in [-0.25, -0.2) is 0 Å². The molecule has 2 aliphatic rings. The average Bonchev–Trinajstić information content (AvgIpc) is 3.05. The Kier molecular flexibility index (Phi) is 4.62. The van der Waals surface area contributed by atoms with Gasteiger partial charge < -0.3 is 5.32 Å². The summed E-state index contributed by atoms with van der Waals surface area (Å²) in [5.74, 6) is 0.980. The standard InChI is InChI=1S/C19H27NO/c21-18(20-15-16-9-3-1-4-10-16)19(13-7-8-14-19)17-11-5-2-6-12-17/h2,5-6,11-12,16H,1,3-4,7-10,13-15H2,(H,20,21). The maximum absolute atomic E-state index is 12.9. The van der Waals surface area contributed by atoms with Crippen molar-refractivity contribution < 1.29 is 4.79 Å². The molecular formula is C19H27NO. The molecule has 114 valence electrons. The zero-order valence-corrected chi connectivity index (χ0v) is 12.9. The monoisotopic (exact) mass is 285 g/mol. The molecule has 2 heteroatoms. The van der Waals surface area contributed by atoms with E-state index in [1.165, 1.54) is 50.5 Å². The molecule has 2 aliphatic carbocycles. The van der Waals surface area contributed by atoms with Gasteiger partial charge in [-0.15, -0.1) is 0 Å². The molecule has 0 bridgehead atoms. The molecule has 0 spiro atoms. The molecule has 1 N–H and O–H groups in total. The molecule has 2 nitrogen and oxygen atoms in total. The van der Waals surface area contributed by atoms with Crippen LogP contribution < -0.4 is 5.32 Å². The molecule has 0 radical (unpaired) electrons. The molecular weight excluding hydrogens is 258 g/mol. The van der Waals surface area contributed by atoms with Gasteiger partial charge in [-0.05, 0) is 37.2 Å². The van der Waals surface area contributed by atoms with Crippen LogP contribution in [-0.2, 0) is 10.2 Å². The summed E-state index contributed by atoms with van der Waals surface area (Å²) in [5.41, 5.74) is 0.958. The van der Waals surface area contributed by atoms with Gasteiger partial charge in [0, 0.05) is 6.54 Å². The van der Waals surface area contributed by atoms with Gasteiger partial charge in [0.05, 0.1) is 5.41 Å². The van der Waals surface area contributed by atoms with E-state index in [-0.39, 0.29) is 11.3 Å². The van der Waals surface area contributed by atoms with Gasteiger partial charge in [0.15, 0.2) is 0 Å². The molecule has 1 aromatic rings. The van der Waals surface area contributed by atoms with Crippen LogP contribution in [0.2, 0.25) is 0 Å². The van der Waals surface area contributed by atoms with E-state index in [1.807, 2.05) is 6.07 Å². The summed E-state index contributed by atoms with van der Waals surface area (Å²) in [7, 11) is 0. The third kappa shape index (κ3) is 3.14. The van der Waals surface area contributed by atoms with E-state index in [0.29, 0.717) is 5.92 Å². The third-order valence-electron chi connectivity index (χ3n) is 5.49. The SMILES string of the molecule is O=C(NCC1CCCCC1)C1(c2ccccc2)CCCC1. The van der Waals surface area contributed by atoms with Crippen LogP contribution in [0.3, 0.4) is 0 Å². The van der Waals surface area contributed by atoms with Crippen LogP contribution >= 0.6 is 0 Å². The second-order valence-electron chi connectivity index (χ2n) is 6.87. The summed E-state index contributed by atoms with van der Waals surface area (Å²) in [4.78, 5) is 12.9. The fourth-order valence-electron chi connectivity index (χ4n) is 4.18. The smallest absolute Gasteiger partial charge is 0.230 e. The lowest BCUT2D eigenvalue weighted by molar-refractivity contribution is -0.126. The van der Waals surface area contributed by atoms with Crippen molar-refractivity contribution in [3.63, 3.8) is 0 Å². The Morgan fingerprint density at radius 3 is 2.33 bits per heavy atom. The molecule has 0 unspecified atom stereocenters. The number of hydrogen-bond acceptors (Lipinski definition) is 1. The molecule has 0 aliphatic heterocycles. The van der Waals surface area contributed by atoms with E-state index in [2.05, 4.69) is 29.6 Å². The minimum absolute atomic E-state index is 0.254. The second kappa shape index (κ2) is 6.64. The van der Waals surface area contributed by atoms with Crippen molar-refractivity contribution in [2.75, 3.05) is 6.54 Å². The first-order chi connectivity index (χ1) is 10.3. The predicted molar refractivity (Wildman–Crippen MR) is 86.2 cm³/mol. The number of rotatable bonds is 4. The van der Waals surface area contributed by atoms with Crippen LogP contribution in [0.25, 0.3) is 0 Å². The Balaban J connectivity index is 1.67. The van der Waals surface area contributed by atoms with E-state index >= 15 is 0 Å². The normalized spacial score (nSPS) is 22.1. The van der Waals surface area contributed by atoms with Crippen molar-refractivity contribution in [1.82, 2.24) is 5.32 Å². The Bertz CT molecular complexity index is 456. The van der Waals surface area contributed by atoms with Gasteiger partial charge in [0.25, 0.3) is 0 Å². The first-order valence-electron chi connectivity index (χ1n) is 8.65. The largest absolute Gasteiger partial charge is 0.355 e. The van der Waals surface area contributed by atoms with E-state index in [0.717, 1.165) is 19.4 Å². The number of benzene rings is 1. The van der Waals surface area contributed by atoms with Crippen molar-refractivity contribution in [2.45, 2.75) is 63.2 Å². The summed E-state index contributed by atoms with van der Waals surface area (Å²) < 4.78 is 0. The topological polar surface area (TPSA) is 29.1 Å². The van der Waals surface area contributed by atoms with Crippen LogP contribution in [0.1, 0.15) is 63.4 Å². The molecule has 3 rings (SSSR count). The quantitative estimate of drug-likeness (QED) is 0.882. The Morgan fingerprint density at radius 1 is 1.00 bits per heavy atom.